The van der Waals surface area contributed by atoms with E-state index in [0.29, 0.717) is 5.82 Å². The van der Waals surface area contributed by atoms with E-state index in [0.717, 1.165) is 28.3 Å². The summed E-state index contributed by atoms with van der Waals surface area (Å²) in [5.41, 5.74) is 3.25. The maximum Gasteiger partial charge on any atom is 0.290 e. The number of benzene rings is 2. The molecule has 0 aliphatic rings. The van der Waals surface area contributed by atoms with Crippen molar-refractivity contribution >= 4 is 17.6 Å². The van der Waals surface area contributed by atoms with Gasteiger partial charge in [-0.2, -0.15) is 5.10 Å². The van der Waals surface area contributed by atoms with Gasteiger partial charge in [0.25, 0.3) is 5.91 Å². The number of ether oxygens (including phenoxy) is 1. The van der Waals surface area contributed by atoms with E-state index in [1.54, 1.807) is 23.9 Å². The van der Waals surface area contributed by atoms with Gasteiger partial charge < -0.3 is 19.4 Å². The number of anilines is 1. The fraction of sp³-hybridized carbons (Fsp3) is 0.222. The van der Waals surface area contributed by atoms with Gasteiger partial charge >= 0.3 is 0 Å². The Balaban J connectivity index is 1.70. The van der Waals surface area contributed by atoms with Crippen molar-refractivity contribution in [1.29, 1.82) is 0 Å². The largest absolute Gasteiger partial charge is 0.497 e. The molecule has 0 bridgehead atoms. The van der Waals surface area contributed by atoms with E-state index in [9.17, 15) is 9.59 Å². The molecular formula is C27H28N4O4. The summed E-state index contributed by atoms with van der Waals surface area (Å²) in [5.74, 6) is 0.748. The third-order valence-electron chi connectivity index (χ3n) is 5.63. The van der Waals surface area contributed by atoms with Gasteiger partial charge in [0, 0.05) is 11.6 Å². The number of aromatic nitrogens is 2. The van der Waals surface area contributed by atoms with Gasteiger partial charge in [-0.05, 0) is 62.7 Å². The molecule has 0 atom stereocenters. The van der Waals surface area contributed by atoms with Gasteiger partial charge in [-0.3, -0.25) is 9.59 Å². The number of hydrogen-bond donors (Lipinski definition) is 1. The third kappa shape index (κ3) is 5.11. The number of nitrogens with zero attached hydrogens (tertiary/aromatic N) is 3. The Labute approximate surface area is 204 Å². The molecule has 1 N–H and O–H groups in total. The van der Waals surface area contributed by atoms with Crippen molar-refractivity contribution in [2.75, 3.05) is 19.0 Å². The number of methoxy groups -OCH3 is 1. The quantitative estimate of drug-likeness (QED) is 0.392. The lowest BCUT2D eigenvalue weighted by Crippen LogP contribution is -2.42. The van der Waals surface area contributed by atoms with Gasteiger partial charge in [0.15, 0.2) is 5.76 Å². The van der Waals surface area contributed by atoms with Crippen LogP contribution in [0.15, 0.2) is 77.4 Å². The van der Waals surface area contributed by atoms with Crippen molar-refractivity contribution in [3.8, 4) is 22.6 Å². The van der Waals surface area contributed by atoms with Crippen molar-refractivity contribution in [3.05, 3.63) is 84.4 Å². The van der Waals surface area contributed by atoms with Gasteiger partial charge in [0.1, 0.15) is 18.1 Å². The zero-order chi connectivity index (χ0) is 24.9. The second-order valence-electron chi connectivity index (χ2n) is 8.34. The molecule has 8 nitrogen and oxygen atoms in total. The molecule has 4 rings (SSSR count). The molecule has 180 valence electrons. The van der Waals surface area contributed by atoms with E-state index in [1.807, 2.05) is 75.4 Å². The highest BCUT2D eigenvalue weighted by Crippen LogP contribution is 2.33. The highest BCUT2D eigenvalue weighted by atomic mass is 16.5. The normalized spacial score (nSPS) is 10.9. The maximum atomic E-state index is 13.3. The van der Waals surface area contributed by atoms with E-state index < -0.39 is 0 Å². The molecule has 0 aliphatic carbocycles. The molecule has 0 fully saturated rings. The molecule has 2 aromatic carbocycles. The van der Waals surface area contributed by atoms with E-state index >= 15 is 0 Å². The molecule has 0 saturated heterocycles. The molecule has 0 aliphatic heterocycles. The van der Waals surface area contributed by atoms with Crippen molar-refractivity contribution in [3.63, 3.8) is 0 Å². The lowest BCUT2D eigenvalue weighted by molar-refractivity contribution is -0.117. The Morgan fingerprint density at radius 2 is 1.77 bits per heavy atom. The zero-order valence-corrected chi connectivity index (χ0v) is 20.2. The minimum absolute atomic E-state index is 0.141. The predicted octanol–water partition coefficient (Wildman–Crippen LogP) is 4.94. The van der Waals surface area contributed by atoms with Crippen LogP contribution in [0.5, 0.6) is 5.75 Å². The Morgan fingerprint density at radius 3 is 2.37 bits per heavy atom. The molecule has 35 heavy (non-hydrogen) atoms. The van der Waals surface area contributed by atoms with Gasteiger partial charge in [-0.25, -0.2) is 4.68 Å². The number of hydrogen-bond acceptors (Lipinski definition) is 5. The number of carbonyl (C=O) groups is 2. The predicted molar refractivity (Wildman–Crippen MR) is 134 cm³/mol. The third-order valence-corrected chi connectivity index (χ3v) is 5.63. The molecule has 0 spiro atoms. The molecule has 2 amide bonds. The second-order valence-corrected chi connectivity index (χ2v) is 8.34. The first kappa shape index (κ1) is 23.8. The van der Waals surface area contributed by atoms with Gasteiger partial charge in [0.05, 0.1) is 24.8 Å². The number of aryl methyl sites for hydroxylation is 1. The van der Waals surface area contributed by atoms with Crippen LogP contribution in [0.4, 0.5) is 5.82 Å². The molecule has 0 radical (unpaired) electrons. The molecule has 0 saturated carbocycles. The Bertz CT molecular complexity index is 1290. The molecule has 4 aromatic rings. The molecule has 0 unspecified atom stereocenters. The van der Waals surface area contributed by atoms with Crippen molar-refractivity contribution in [1.82, 2.24) is 14.7 Å². The number of furan rings is 1. The topological polar surface area (TPSA) is 89.6 Å². The van der Waals surface area contributed by atoms with Crippen LogP contribution in [0.3, 0.4) is 0 Å². The van der Waals surface area contributed by atoms with Crippen LogP contribution in [-0.4, -0.2) is 46.2 Å². The van der Waals surface area contributed by atoms with Crippen LogP contribution in [-0.2, 0) is 4.79 Å². The first-order valence-electron chi connectivity index (χ1n) is 11.3. The van der Waals surface area contributed by atoms with Crippen molar-refractivity contribution < 1.29 is 18.7 Å². The summed E-state index contributed by atoms with van der Waals surface area (Å²) in [5, 5.41) is 7.74. The lowest BCUT2D eigenvalue weighted by atomic mass is 10.1. The average Bonchev–Trinajstić information content (AvgIpc) is 3.51. The minimum Gasteiger partial charge on any atom is -0.497 e. The van der Waals surface area contributed by atoms with Crippen LogP contribution in [0.25, 0.3) is 16.8 Å². The van der Waals surface area contributed by atoms with Gasteiger partial charge in [-0.15, -0.1) is 0 Å². The van der Waals surface area contributed by atoms with E-state index in [1.165, 1.54) is 11.2 Å². The first-order chi connectivity index (χ1) is 16.9. The molecule has 8 heteroatoms. The fourth-order valence-electron chi connectivity index (χ4n) is 3.86. The van der Waals surface area contributed by atoms with Crippen LogP contribution in [0.2, 0.25) is 0 Å². The van der Waals surface area contributed by atoms with Crippen LogP contribution in [0, 0.1) is 6.92 Å². The smallest absolute Gasteiger partial charge is 0.290 e. The lowest BCUT2D eigenvalue weighted by Gasteiger charge is -2.25. The van der Waals surface area contributed by atoms with Gasteiger partial charge in [-0.1, -0.05) is 30.3 Å². The van der Waals surface area contributed by atoms with Crippen LogP contribution < -0.4 is 10.1 Å². The van der Waals surface area contributed by atoms with E-state index in [2.05, 4.69) is 5.32 Å². The highest BCUT2D eigenvalue weighted by Gasteiger charge is 2.26. The van der Waals surface area contributed by atoms with Crippen LogP contribution in [0.1, 0.15) is 30.1 Å². The van der Waals surface area contributed by atoms with Gasteiger partial charge in [0.2, 0.25) is 5.91 Å². The fourth-order valence-corrected chi connectivity index (χ4v) is 3.86. The molecule has 2 heterocycles. The monoisotopic (exact) mass is 472 g/mol. The Kier molecular flexibility index (Phi) is 7.01. The Hall–Kier alpha value is -4.33. The minimum atomic E-state index is -0.344. The SMILES string of the molecule is COc1ccc(-n2nc(C)c(-c3ccccc3)c2NC(=O)CN(C(=O)c2ccco2)C(C)C)cc1. The molecule has 2 aromatic heterocycles. The number of amides is 2. The summed E-state index contributed by atoms with van der Waals surface area (Å²) in [6.45, 7) is 5.47. The number of rotatable bonds is 8. The average molecular weight is 473 g/mol. The number of carbonyl (C=O) groups excluding carboxylic acids is 2. The van der Waals surface area contributed by atoms with E-state index in [4.69, 9.17) is 14.3 Å². The van der Waals surface area contributed by atoms with Crippen LogP contribution >= 0.6 is 0 Å². The second kappa shape index (κ2) is 10.3. The first-order valence-corrected chi connectivity index (χ1v) is 11.3. The van der Waals surface area contributed by atoms with Crippen molar-refractivity contribution in [2.45, 2.75) is 26.8 Å². The molecular weight excluding hydrogens is 444 g/mol. The number of nitrogens with one attached hydrogen (secondary N) is 1. The summed E-state index contributed by atoms with van der Waals surface area (Å²) < 4.78 is 12.2. The maximum absolute atomic E-state index is 13.3. The highest BCUT2D eigenvalue weighted by molar-refractivity contribution is 6.00. The van der Waals surface area contributed by atoms with E-state index in [-0.39, 0.29) is 30.2 Å². The Morgan fingerprint density at radius 1 is 1.06 bits per heavy atom. The summed E-state index contributed by atoms with van der Waals surface area (Å²) in [4.78, 5) is 27.7. The summed E-state index contributed by atoms with van der Waals surface area (Å²) in [6, 6.07) is 20.2. The summed E-state index contributed by atoms with van der Waals surface area (Å²) in [7, 11) is 1.61. The van der Waals surface area contributed by atoms with Crippen molar-refractivity contribution in [2.24, 2.45) is 0 Å². The standard InChI is InChI=1S/C27H28N4O4/c1-18(2)30(27(33)23-11-8-16-35-23)17-24(32)28-26-25(20-9-6-5-7-10-20)19(3)29-31(26)21-12-14-22(34-4)15-13-21/h5-16,18H,17H2,1-4H3,(H,28,32). The zero-order valence-electron chi connectivity index (χ0n) is 20.2. The summed E-state index contributed by atoms with van der Waals surface area (Å²) >= 11 is 0. The summed E-state index contributed by atoms with van der Waals surface area (Å²) in [6.07, 6.45) is 1.44.